The first-order valence-corrected chi connectivity index (χ1v) is 7.19. The summed E-state index contributed by atoms with van der Waals surface area (Å²) in [5, 5.41) is 0.770. The van der Waals surface area contributed by atoms with Crippen molar-refractivity contribution in [1.82, 2.24) is 0 Å². The minimum atomic E-state index is 0.770. The van der Waals surface area contributed by atoms with Gasteiger partial charge in [-0.15, -0.1) is 0 Å². The minimum Gasteiger partial charge on any atom is -0.179 e. The highest BCUT2D eigenvalue weighted by molar-refractivity contribution is 8.03. The van der Waals surface area contributed by atoms with Crippen LogP contribution in [-0.2, 0) is 0 Å². The molecule has 0 N–H and O–H groups in total. The van der Waals surface area contributed by atoms with Crippen LogP contribution < -0.4 is 0 Å². The zero-order valence-electron chi connectivity index (χ0n) is 6.82. The Morgan fingerprint density at radius 3 is 2.36 bits per heavy atom. The third-order valence-corrected chi connectivity index (χ3v) is 4.75. The van der Waals surface area contributed by atoms with Crippen LogP contribution in [0.2, 0.25) is 0 Å². The van der Waals surface area contributed by atoms with Crippen LogP contribution in [0.1, 0.15) is 6.92 Å². The number of thiol groups is 2. The van der Waals surface area contributed by atoms with E-state index in [1.165, 1.54) is 17.3 Å². The summed E-state index contributed by atoms with van der Waals surface area (Å²) >= 11 is 12.3. The largest absolute Gasteiger partial charge is 0.179 e. The molecular formula is C7H16S4. The summed E-state index contributed by atoms with van der Waals surface area (Å²) in [6.07, 6.45) is 0. The first-order chi connectivity index (χ1) is 5.31. The number of rotatable bonds is 7. The highest BCUT2D eigenvalue weighted by atomic mass is 32.2. The summed E-state index contributed by atoms with van der Waals surface area (Å²) < 4.78 is 0. The van der Waals surface area contributed by atoms with Crippen LogP contribution in [0.5, 0.6) is 0 Å². The predicted octanol–water partition coefficient (Wildman–Crippen LogP) is 2.70. The van der Waals surface area contributed by atoms with E-state index in [1.54, 1.807) is 0 Å². The van der Waals surface area contributed by atoms with E-state index in [9.17, 15) is 0 Å². The van der Waals surface area contributed by atoms with Crippen molar-refractivity contribution >= 4 is 48.8 Å². The second-order valence-electron chi connectivity index (χ2n) is 2.20. The molecule has 0 spiro atoms. The lowest BCUT2D eigenvalue weighted by Gasteiger charge is -2.08. The third kappa shape index (κ3) is 9.31. The molecule has 0 aliphatic rings. The maximum absolute atomic E-state index is 4.16. The third-order valence-electron chi connectivity index (χ3n) is 1.08. The van der Waals surface area contributed by atoms with Crippen LogP contribution in [-0.4, -0.2) is 34.0 Å². The van der Waals surface area contributed by atoms with Crippen molar-refractivity contribution < 1.29 is 0 Å². The lowest BCUT2D eigenvalue weighted by Crippen LogP contribution is -2.02. The standard InChI is InChI=1S/C7H16S4/c1-7(11-5-3-9)6-10-4-2-8/h7-9H,2-6H2,1H3. The molecule has 0 bridgehead atoms. The molecule has 0 fully saturated rings. The summed E-state index contributed by atoms with van der Waals surface area (Å²) in [5.74, 6) is 5.58. The van der Waals surface area contributed by atoms with E-state index in [2.05, 4.69) is 32.2 Å². The second kappa shape index (κ2) is 9.49. The highest BCUT2D eigenvalue weighted by Gasteiger charge is 2.00. The Hall–Kier alpha value is 1.40. The van der Waals surface area contributed by atoms with E-state index in [0.717, 1.165) is 16.8 Å². The fraction of sp³-hybridized carbons (Fsp3) is 1.00. The van der Waals surface area contributed by atoms with Gasteiger partial charge in [0.25, 0.3) is 0 Å². The maximum Gasteiger partial charge on any atom is 0.0110 e. The van der Waals surface area contributed by atoms with Crippen molar-refractivity contribution in [2.75, 3.05) is 28.8 Å². The molecule has 0 amide bonds. The summed E-state index contributed by atoms with van der Waals surface area (Å²) in [4.78, 5) is 0. The summed E-state index contributed by atoms with van der Waals surface area (Å²) in [6, 6.07) is 0. The van der Waals surface area contributed by atoms with Crippen LogP contribution in [0, 0.1) is 0 Å². The fourth-order valence-electron chi connectivity index (χ4n) is 0.616. The number of hydrogen-bond donors (Lipinski definition) is 2. The number of thioether (sulfide) groups is 2. The second-order valence-corrected chi connectivity index (χ2v) is 5.79. The Morgan fingerprint density at radius 2 is 1.82 bits per heavy atom. The first kappa shape index (κ1) is 12.4. The molecule has 0 aromatic heterocycles. The zero-order chi connectivity index (χ0) is 8.53. The molecule has 68 valence electrons. The molecule has 11 heavy (non-hydrogen) atoms. The van der Waals surface area contributed by atoms with Gasteiger partial charge in [-0.05, 0) is 11.5 Å². The molecule has 0 aliphatic carbocycles. The van der Waals surface area contributed by atoms with Crippen LogP contribution in [0.3, 0.4) is 0 Å². The van der Waals surface area contributed by atoms with E-state index in [4.69, 9.17) is 0 Å². The monoisotopic (exact) mass is 228 g/mol. The van der Waals surface area contributed by atoms with Crippen molar-refractivity contribution in [3.8, 4) is 0 Å². The SMILES string of the molecule is CC(CSCCS)SCCS. The quantitative estimate of drug-likeness (QED) is 0.508. The molecule has 0 nitrogen and oxygen atoms in total. The lowest BCUT2D eigenvalue weighted by molar-refractivity contribution is 1.13. The Morgan fingerprint density at radius 1 is 1.18 bits per heavy atom. The molecule has 0 heterocycles. The van der Waals surface area contributed by atoms with Gasteiger partial charge in [-0.3, -0.25) is 0 Å². The van der Waals surface area contributed by atoms with Gasteiger partial charge in [0.1, 0.15) is 0 Å². The Labute approximate surface area is 89.5 Å². The molecule has 0 rings (SSSR count). The van der Waals surface area contributed by atoms with Crippen molar-refractivity contribution in [3.05, 3.63) is 0 Å². The molecule has 0 aliphatic heterocycles. The van der Waals surface area contributed by atoms with E-state index >= 15 is 0 Å². The smallest absolute Gasteiger partial charge is 0.0110 e. The zero-order valence-corrected chi connectivity index (χ0v) is 10.2. The number of hydrogen-bond acceptors (Lipinski definition) is 4. The van der Waals surface area contributed by atoms with E-state index in [0.29, 0.717) is 0 Å². The molecule has 1 unspecified atom stereocenters. The van der Waals surface area contributed by atoms with Gasteiger partial charge < -0.3 is 0 Å². The maximum atomic E-state index is 4.16. The average Bonchev–Trinajstić information content (AvgIpc) is 2.01. The molecule has 0 saturated heterocycles. The fourth-order valence-corrected chi connectivity index (χ4v) is 3.13. The normalized spacial score (nSPS) is 13.4. The van der Waals surface area contributed by atoms with Gasteiger partial charge in [0.15, 0.2) is 0 Å². The molecule has 4 heteroatoms. The predicted molar refractivity (Wildman–Crippen MR) is 67.0 cm³/mol. The van der Waals surface area contributed by atoms with Crippen LogP contribution >= 0.6 is 48.8 Å². The van der Waals surface area contributed by atoms with Crippen LogP contribution in [0.25, 0.3) is 0 Å². The molecule has 0 aromatic rings. The van der Waals surface area contributed by atoms with E-state index < -0.39 is 0 Å². The van der Waals surface area contributed by atoms with Gasteiger partial charge >= 0.3 is 0 Å². The van der Waals surface area contributed by atoms with Crippen LogP contribution in [0.4, 0.5) is 0 Å². The Balaban J connectivity index is 3.02. The molecule has 0 aromatic carbocycles. The van der Waals surface area contributed by atoms with Gasteiger partial charge in [0, 0.05) is 22.5 Å². The van der Waals surface area contributed by atoms with Crippen LogP contribution in [0.15, 0.2) is 0 Å². The average molecular weight is 228 g/mol. The minimum absolute atomic E-state index is 0.770. The lowest BCUT2D eigenvalue weighted by atomic mass is 10.6. The van der Waals surface area contributed by atoms with Gasteiger partial charge in [0.05, 0.1) is 0 Å². The molecule has 0 radical (unpaired) electrons. The van der Waals surface area contributed by atoms with Crippen molar-refractivity contribution in [2.24, 2.45) is 0 Å². The summed E-state index contributed by atoms with van der Waals surface area (Å²) in [6.45, 7) is 2.28. The van der Waals surface area contributed by atoms with E-state index in [-0.39, 0.29) is 0 Å². The van der Waals surface area contributed by atoms with Crippen molar-refractivity contribution in [3.63, 3.8) is 0 Å². The van der Waals surface area contributed by atoms with E-state index in [1.807, 2.05) is 23.5 Å². The highest BCUT2D eigenvalue weighted by Crippen LogP contribution is 2.15. The first-order valence-electron chi connectivity index (χ1n) is 3.72. The summed E-state index contributed by atoms with van der Waals surface area (Å²) in [7, 11) is 0. The van der Waals surface area contributed by atoms with Gasteiger partial charge in [-0.1, -0.05) is 6.92 Å². The Bertz CT molecular complexity index is 76.8. The topological polar surface area (TPSA) is 0 Å². The van der Waals surface area contributed by atoms with Crippen molar-refractivity contribution in [1.29, 1.82) is 0 Å². The molecule has 0 saturated carbocycles. The van der Waals surface area contributed by atoms with Gasteiger partial charge in [-0.2, -0.15) is 48.8 Å². The van der Waals surface area contributed by atoms with Gasteiger partial charge in [0.2, 0.25) is 0 Å². The van der Waals surface area contributed by atoms with Crippen molar-refractivity contribution in [2.45, 2.75) is 12.2 Å². The molecule has 1 atom stereocenters. The Kier molecular flexibility index (Phi) is 10.7. The summed E-state index contributed by atoms with van der Waals surface area (Å²) in [5.41, 5.74) is 0. The molecular weight excluding hydrogens is 212 g/mol. The van der Waals surface area contributed by atoms with Gasteiger partial charge in [-0.25, -0.2) is 0 Å².